The largest absolute Gasteiger partial charge is 0.309 e. The predicted molar refractivity (Wildman–Crippen MR) is 86.0 cm³/mol. The zero-order chi connectivity index (χ0) is 14.0. The molecule has 1 atom stereocenters. The number of rotatable bonds is 3. The van der Waals surface area contributed by atoms with Gasteiger partial charge in [-0.3, -0.25) is 0 Å². The number of hydrogen-bond donors (Lipinski definition) is 1. The summed E-state index contributed by atoms with van der Waals surface area (Å²) in [5.74, 6) is 0. The van der Waals surface area contributed by atoms with E-state index in [2.05, 4.69) is 59.4 Å². The van der Waals surface area contributed by atoms with Crippen LogP contribution in [0.15, 0.2) is 40.9 Å². The van der Waals surface area contributed by atoms with Gasteiger partial charge in [0.15, 0.2) is 0 Å². The Morgan fingerprint density at radius 1 is 1.16 bits per heavy atom. The van der Waals surface area contributed by atoms with Crippen molar-refractivity contribution in [3.63, 3.8) is 0 Å². The van der Waals surface area contributed by atoms with Gasteiger partial charge < -0.3 is 5.32 Å². The van der Waals surface area contributed by atoms with E-state index in [9.17, 15) is 0 Å². The number of aryl methyl sites for hydroxylation is 1. The molecular weight excluding hydrogens is 322 g/mol. The third-order valence-electron chi connectivity index (χ3n) is 3.46. The molecule has 0 saturated heterocycles. The van der Waals surface area contributed by atoms with Crippen molar-refractivity contribution in [2.24, 2.45) is 0 Å². The third kappa shape index (κ3) is 3.19. The molecular formula is C16H17BrClN. The van der Waals surface area contributed by atoms with Crippen molar-refractivity contribution < 1.29 is 0 Å². The van der Waals surface area contributed by atoms with Gasteiger partial charge in [-0.05, 0) is 61.3 Å². The van der Waals surface area contributed by atoms with E-state index >= 15 is 0 Å². The van der Waals surface area contributed by atoms with Crippen LogP contribution in [0, 0.1) is 13.8 Å². The van der Waals surface area contributed by atoms with E-state index < -0.39 is 0 Å². The minimum Gasteiger partial charge on any atom is -0.309 e. The van der Waals surface area contributed by atoms with Crippen LogP contribution in [0.25, 0.3) is 0 Å². The maximum atomic E-state index is 6.15. The quantitative estimate of drug-likeness (QED) is 0.828. The van der Waals surface area contributed by atoms with Crippen LogP contribution in [-0.2, 0) is 0 Å². The van der Waals surface area contributed by atoms with Crippen molar-refractivity contribution in [1.29, 1.82) is 0 Å². The average molecular weight is 339 g/mol. The summed E-state index contributed by atoms with van der Waals surface area (Å²) < 4.78 is 1.00. The first-order chi connectivity index (χ1) is 9.02. The van der Waals surface area contributed by atoms with E-state index in [0.29, 0.717) is 0 Å². The smallest absolute Gasteiger partial charge is 0.0577 e. The first-order valence-corrected chi connectivity index (χ1v) is 7.39. The second-order valence-corrected chi connectivity index (χ2v) is 6.07. The molecule has 0 bridgehead atoms. The van der Waals surface area contributed by atoms with Crippen LogP contribution < -0.4 is 5.32 Å². The fraction of sp³-hybridized carbons (Fsp3) is 0.250. The zero-order valence-corrected chi connectivity index (χ0v) is 13.6. The summed E-state index contributed by atoms with van der Waals surface area (Å²) in [4.78, 5) is 0. The summed E-state index contributed by atoms with van der Waals surface area (Å²) in [7, 11) is 1.97. The van der Waals surface area contributed by atoms with Gasteiger partial charge in [0.05, 0.1) is 6.04 Å². The van der Waals surface area contributed by atoms with Crippen LogP contribution in [0.2, 0.25) is 5.02 Å². The van der Waals surface area contributed by atoms with Gasteiger partial charge in [-0.25, -0.2) is 0 Å². The Bertz CT molecular complexity index is 575. The molecule has 2 aromatic carbocycles. The van der Waals surface area contributed by atoms with Gasteiger partial charge in [0.1, 0.15) is 0 Å². The molecule has 3 heteroatoms. The van der Waals surface area contributed by atoms with E-state index in [4.69, 9.17) is 11.6 Å². The Labute approximate surface area is 128 Å². The van der Waals surface area contributed by atoms with E-state index in [-0.39, 0.29) is 6.04 Å². The van der Waals surface area contributed by atoms with Crippen LogP contribution in [0.3, 0.4) is 0 Å². The van der Waals surface area contributed by atoms with E-state index in [0.717, 1.165) is 15.1 Å². The molecule has 0 spiro atoms. The molecule has 100 valence electrons. The molecule has 0 fully saturated rings. The lowest BCUT2D eigenvalue weighted by atomic mass is 9.93. The lowest BCUT2D eigenvalue weighted by Gasteiger charge is -2.21. The predicted octanol–water partition coefficient (Wildman–Crippen LogP) is 5.03. The Morgan fingerprint density at radius 3 is 2.53 bits per heavy atom. The molecule has 0 saturated carbocycles. The third-order valence-corrected chi connectivity index (χ3v) is 4.14. The molecule has 2 rings (SSSR count). The Hall–Kier alpha value is -0.830. The van der Waals surface area contributed by atoms with Gasteiger partial charge in [0, 0.05) is 9.50 Å². The molecule has 2 aromatic rings. The van der Waals surface area contributed by atoms with Gasteiger partial charge in [-0.1, -0.05) is 45.7 Å². The van der Waals surface area contributed by atoms with Crippen molar-refractivity contribution >= 4 is 27.5 Å². The standard InChI is InChI=1S/C16H17BrClN/c1-10-5-4-6-15(11(10)2)16(19-3)12-7-13(17)9-14(18)8-12/h4-9,16,19H,1-3H3. The summed E-state index contributed by atoms with van der Waals surface area (Å²) in [5, 5.41) is 4.12. The lowest BCUT2D eigenvalue weighted by molar-refractivity contribution is 0.686. The summed E-state index contributed by atoms with van der Waals surface area (Å²) >= 11 is 9.66. The molecule has 19 heavy (non-hydrogen) atoms. The highest BCUT2D eigenvalue weighted by atomic mass is 79.9. The molecule has 0 aliphatic heterocycles. The van der Waals surface area contributed by atoms with Crippen LogP contribution >= 0.6 is 27.5 Å². The highest BCUT2D eigenvalue weighted by Crippen LogP contribution is 2.30. The molecule has 1 unspecified atom stereocenters. The van der Waals surface area contributed by atoms with Crippen molar-refractivity contribution in [2.75, 3.05) is 7.05 Å². The van der Waals surface area contributed by atoms with Gasteiger partial charge in [-0.2, -0.15) is 0 Å². The van der Waals surface area contributed by atoms with E-state index in [1.165, 1.54) is 16.7 Å². The maximum absolute atomic E-state index is 6.15. The Kier molecular flexibility index (Phi) is 4.67. The van der Waals surface area contributed by atoms with Crippen molar-refractivity contribution in [3.05, 3.63) is 68.1 Å². The second-order valence-electron chi connectivity index (χ2n) is 4.71. The first kappa shape index (κ1) is 14.6. The van der Waals surface area contributed by atoms with E-state index in [1.807, 2.05) is 19.2 Å². The summed E-state index contributed by atoms with van der Waals surface area (Å²) in [6.45, 7) is 4.30. The molecule has 0 aromatic heterocycles. The number of halogens is 2. The van der Waals surface area contributed by atoms with Gasteiger partial charge in [0.2, 0.25) is 0 Å². The highest BCUT2D eigenvalue weighted by Gasteiger charge is 2.15. The van der Waals surface area contributed by atoms with Crippen LogP contribution in [0.1, 0.15) is 28.3 Å². The molecule has 0 aliphatic carbocycles. The minimum atomic E-state index is 0.148. The molecule has 0 aliphatic rings. The maximum Gasteiger partial charge on any atom is 0.0577 e. The SMILES string of the molecule is CNC(c1cc(Cl)cc(Br)c1)c1cccc(C)c1C. The second kappa shape index (κ2) is 6.08. The van der Waals surface area contributed by atoms with E-state index in [1.54, 1.807) is 0 Å². The topological polar surface area (TPSA) is 12.0 Å². The van der Waals surface area contributed by atoms with Gasteiger partial charge in [0.25, 0.3) is 0 Å². The van der Waals surface area contributed by atoms with Gasteiger partial charge >= 0.3 is 0 Å². The molecule has 1 nitrogen and oxygen atoms in total. The fourth-order valence-corrected chi connectivity index (χ4v) is 3.22. The van der Waals surface area contributed by atoms with Crippen LogP contribution in [0.5, 0.6) is 0 Å². The number of nitrogens with one attached hydrogen (secondary N) is 1. The molecule has 0 heterocycles. The van der Waals surface area contributed by atoms with Crippen molar-refractivity contribution in [2.45, 2.75) is 19.9 Å². The number of hydrogen-bond acceptors (Lipinski definition) is 1. The molecule has 0 amide bonds. The summed E-state index contributed by atoms with van der Waals surface area (Å²) in [6, 6.07) is 12.6. The van der Waals surface area contributed by atoms with Crippen LogP contribution in [-0.4, -0.2) is 7.05 Å². The normalized spacial score (nSPS) is 12.5. The van der Waals surface area contributed by atoms with Crippen LogP contribution in [0.4, 0.5) is 0 Å². The lowest BCUT2D eigenvalue weighted by Crippen LogP contribution is -2.19. The average Bonchev–Trinajstić information content (AvgIpc) is 2.34. The zero-order valence-electron chi connectivity index (χ0n) is 11.3. The van der Waals surface area contributed by atoms with Crippen molar-refractivity contribution in [3.8, 4) is 0 Å². The van der Waals surface area contributed by atoms with Gasteiger partial charge in [-0.15, -0.1) is 0 Å². The highest BCUT2D eigenvalue weighted by molar-refractivity contribution is 9.10. The Morgan fingerprint density at radius 2 is 1.89 bits per heavy atom. The summed E-state index contributed by atoms with van der Waals surface area (Å²) in [5.41, 5.74) is 5.07. The first-order valence-electron chi connectivity index (χ1n) is 6.22. The molecule has 1 N–H and O–H groups in total. The minimum absolute atomic E-state index is 0.148. The number of benzene rings is 2. The monoisotopic (exact) mass is 337 g/mol. The van der Waals surface area contributed by atoms with Crippen molar-refractivity contribution in [1.82, 2.24) is 5.32 Å². The Balaban J connectivity index is 2.53. The molecule has 0 radical (unpaired) electrons. The fourth-order valence-electron chi connectivity index (χ4n) is 2.33. The summed E-state index contributed by atoms with van der Waals surface area (Å²) in [6.07, 6.45) is 0.